The Morgan fingerprint density at radius 2 is 1.61 bits per heavy atom. The van der Waals surface area contributed by atoms with Crippen molar-refractivity contribution in [1.82, 2.24) is 10.2 Å². The first-order valence-electron chi connectivity index (χ1n) is 14.2. The second kappa shape index (κ2) is 14.2. The normalized spacial score (nSPS) is 16.4. The molecule has 2 heterocycles. The lowest BCUT2D eigenvalue weighted by atomic mass is 9.89. The number of nitrogens with zero attached hydrogens (tertiary/aromatic N) is 2. The van der Waals surface area contributed by atoms with Gasteiger partial charge in [-0.15, -0.1) is 0 Å². The molecular weight excluding hydrogens is 559 g/mol. The molecule has 3 aromatic carbocycles. The van der Waals surface area contributed by atoms with Crippen molar-refractivity contribution in [2.24, 2.45) is 5.92 Å². The van der Waals surface area contributed by atoms with E-state index in [0.717, 1.165) is 70.9 Å². The van der Waals surface area contributed by atoms with Crippen LogP contribution in [-0.2, 0) is 11.2 Å². The van der Waals surface area contributed by atoms with Gasteiger partial charge in [0, 0.05) is 55.7 Å². The smallest absolute Gasteiger partial charge is 0.257 e. The lowest BCUT2D eigenvalue weighted by Gasteiger charge is -2.35. The van der Waals surface area contributed by atoms with Crippen LogP contribution in [0.2, 0.25) is 10.0 Å². The summed E-state index contributed by atoms with van der Waals surface area (Å²) in [5.41, 5.74) is 3.65. The fraction of sp³-hybridized carbons (Fsp3) is 0.375. The van der Waals surface area contributed by atoms with Gasteiger partial charge in [0.25, 0.3) is 11.8 Å². The number of benzene rings is 3. The van der Waals surface area contributed by atoms with Crippen LogP contribution < -0.4 is 15.5 Å². The zero-order valence-electron chi connectivity index (χ0n) is 23.1. The molecule has 9 heteroatoms. The van der Waals surface area contributed by atoms with Gasteiger partial charge in [-0.05, 0) is 67.1 Å². The third-order valence-corrected chi connectivity index (χ3v) is 8.36. The molecule has 2 aliphatic rings. The Morgan fingerprint density at radius 3 is 2.34 bits per heavy atom. The predicted molar refractivity (Wildman–Crippen MR) is 166 cm³/mol. The van der Waals surface area contributed by atoms with E-state index in [0.29, 0.717) is 34.3 Å². The number of hydrogen-bond acceptors (Lipinski definition) is 5. The monoisotopic (exact) mass is 594 g/mol. The zero-order valence-corrected chi connectivity index (χ0v) is 24.6. The van der Waals surface area contributed by atoms with Crippen LogP contribution in [0.1, 0.15) is 39.1 Å². The summed E-state index contributed by atoms with van der Waals surface area (Å²) in [6, 6.07) is 20.9. The summed E-state index contributed by atoms with van der Waals surface area (Å²) in [5, 5.41) is 6.72. The van der Waals surface area contributed by atoms with Crippen LogP contribution in [0.3, 0.4) is 0 Å². The minimum Gasteiger partial charge on any atom is -0.379 e. The minimum absolute atomic E-state index is 0.153. The Labute approximate surface area is 251 Å². The van der Waals surface area contributed by atoms with Crippen molar-refractivity contribution in [2.75, 3.05) is 62.7 Å². The molecule has 2 aliphatic heterocycles. The van der Waals surface area contributed by atoms with E-state index in [2.05, 4.69) is 50.8 Å². The molecule has 0 aliphatic carbocycles. The molecule has 41 heavy (non-hydrogen) atoms. The molecule has 2 amide bonds. The van der Waals surface area contributed by atoms with Crippen molar-refractivity contribution in [3.63, 3.8) is 0 Å². The van der Waals surface area contributed by atoms with Crippen LogP contribution >= 0.6 is 23.2 Å². The number of ether oxygens (including phenoxy) is 1. The molecular formula is C32H36Cl2N4O3. The van der Waals surface area contributed by atoms with Crippen molar-refractivity contribution in [3.8, 4) is 0 Å². The standard InChI is InChI=1S/C32H36Cl2N4O3/c33-25-6-8-27(29(34)21-25)32(40)36-26-7-9-30(28(22-26)31(39)35-12-15-37-16-18-41-19-17-37)38-13-10-24(11-14-38)20-23-4-2-1-3-5-23/h1-9,21-22,24H,10-20H2,(H,35,39)(H,36,40). The second-order valence-corrected chi connectivity index (χ2v) is 11.5. The van der Waals surface area contributed by atoms with Crippen LogP contribution in [0.4, 0.5) is 11.4 Å². The molecule has 0 saturated carbocycles. The Balaban J connectivity index is 1.29. The molecule has 2 fully saturated rings. The highest BCUT2D eigenvalue weighted by atomic mass is 35.5. The number of rotatable bonds is 9. The van der Waals surface area contributed by atoms with Crippen LogP contribution in [0.15, 0.2) is 66.7 Å². The second-order valence-electron chi connectivity index (χ2n) is 10.6. The maximum Gasteiger partial charge on any atom is 0.257 e. The third kappa shape index (κ3) is 8.01. The van der Waals surface area contributed by atoms with Crippen LogP contribution in [0.5, 0.6) is 0 Å². The van der Waals surface area contributed by atoms with Gasteiger partial charge < -0.3 is 20.3 Å². The molecule has 2 saturated heterocycles. The van der Waals surface area contributed by atoms with Gasteiger partial charge in [0.2, 0.25) is 0 Å². The van der Waals surface area contributed by atoms with Gasteiger partial charge in [-0.3, -0.25) is 14.5 Å². The number of nitrogens with one attached hydrogen (secondary N) is 2. The summed E-state index contributed by atoms with van der Waals surface area (Å²) in [6.45, 7) is 6.22. The summed E-state index contributed by atoms with van der Waals surface area (Å²) in [5.74, 6) is 0.0993. The number of carbonyl (C=O) groups is 2. The van der Waals surface area contributed by atoms with Gasteiger partial charge in [-0.25, -0.2) is 0 Å². The fourth-order valence-electron chi connectivity index (χ4n) is 5.52. The van der Waals surface area contributed by atoms with E-state index < -0.39 is 0 Å². The van der Waals surface area contributed by atoms with Gasteiger partial charge in [0.05, 0.1) is 29.4 Å². The summed E-state index contributed by atoms with van der Waals surface area (Å²) < 4.78 is 5.43. The lowest BCUT2D eigenvalue weighted by molar-refractivity contribution is 0.0383. The van der Waals surface area contributed by atoms with Gasteiger partial charge >= 0.3 is 0 Å². The third-order valence-electron chi connectivity index (χ3n) is 7.81. The van der Waals surface area contributed by atoms with Crippen molar-refractivity contribution in [3.05, 3.63) is 93.5 Å². The molecule has 0 spiro atoms. The van der Waals surface area contributed by atoms with Gasteiger partial charge in [0.1, 0.15) is 0 Å². The number of halogens is 2. The summed E-state index contributed by atoms with van der Waals surface area (Å²) in [4.78, 5) is 31.1. The average Bonchev–Trinajstić information content (AvgIpc) is 2.98. The van der Waals surface area contributed by atoms with E-state index in [9.17, 15) is 9.59 Å². The summed E-state index contributed by atoms with van der Waals surface area (Å²) in [7, 11) is 0. The first-order chi connectivity index (χ1) is 20.0. The van der Waals surface area contributed by atoms with E-state index in [1.807, 2.05) is 12.1 Å². The molecule has 0 radical (unpaired) electrons. The zero-order chi connectivity index (χ0) is 28.6. The highest BCUT2D eigenvalue weighted by Gasteiger charge is 2.24. The molecule has 5 rings (SSSR count). The number of carbonyl (C=O) groups excluding carboxylic acids is 2. The fourth-order valence-corrected chi connectivity index (χ4v) is 6.01. The minimum atomic E-state index is -0.361. The van der Waals surface area contributed by atoms with Crippen LogP contribution in [0.25, 0.3) is 0 Å². The van der Waals surface area contributed by atoms with Gasteiger partial charge in [0.15, 0.2) is 0 Å². The number of anilines is 2. The Kier molecular flexibility index (Phi) is 10.2. The molecule has 0 unspecified atom stereocenters. The molecule has 0 bridgehead atoms. The van der Waals surface area contributed by atoms with Crippen LogP contribution in [0, 0.1) is 5.92 Å². The SMILES string of the molecule is O=C(Nc1ccc(N2CCC(Cc3ccccc3)CC2)c(C(=O)NCCN2CCOCC2)c1)c1ccc(Cl)cc1Cl. The largest absolute Gasteiger partial charge is 0.379 e. The maximum atomic E-state index is 13.5. The summed E-state index contributed by atoms with van der Waals surface area (Å²) in [6.07, 6.45) is 3.18. The van der Waals surface area contributed by atoms with Crippen molar-refractivity contribution in [2.45, 2.75) is 19.3 Å². The topological polar surface area (TPSA) is 73.9 Å². The number of amides is 2. The maximum absolute atomic E-state index is 13.5. The van der Waals surface area contributed by atoms with Crippen molar-refractivity contribution < 1.29 is 14.3 Å². The average molecular weight is 596 g/mol. The molecule has 216 valence electrons. The highest BCUT2D eigenvalue weighted by molar-refractivity contribution is 6.37. The molecule has 0 aromatic heterocycles. The quantitative estimate of drug-likeness (QED) is 0.329. The molecule has 2 N–H and O–H groups in total. The lowest BCUT2D eigenvalue weighted by Crippen LogP contribution is -2.41. The van der Waals surface area contributed by atoms with Crippen molar-refractivity contribution in [1.29, 1.82) is 0 Å². The van der Waals surface area contributed by atoms with E-state index in [4.69, 9.17) is 27.9 Å². The molecule has 0 atom stereocenters. The molecule has 3 aromatic rings. The number of piperidine rings is 1. The first kappa shape index (κ1) is 29.4. The van der Waals surface area contributed by atoms with Crippen LogP contribution in [-0.4, -0.2) is 69.2 Å². The Morgan fingerprint density at radius 1 is 0.854 bits per heavy atom. The van der Waals surface area contributed by atoms with E-state index in [-0.39, 0.29) is 16.8 Å². The molecule has 7 nitrogen and oxygen atoms in total. The number of morpholine rings is 1. The van der Waals surface area contributed by atoms with E-state index in [1.165, 1.54) is 11.6 Å². The van der Waals surface area contributed by atoms with Gasteiger partial charge in [-0.1, -0.05) is 53.5 Å². The number of hydrogen-bond donors (Lipinski definition) is 2. The Hall–Kier alpha value is -3.10. The van der Waals surface area contributed by atoms with Gasteiger partial charge in [-0.2, -0.15) is 0 Å². The van der Waals surface area contributed by atoms with E-state index >= 15 is 0 Å². The first-order valence-corrected chi connectivity index (χ1v) is 15.0. The van der Waals surface area contributed by atoms with E-state index in [1.54, 1.807) is 18.2 Å². The van der Waals surface area contributed by atoms with Crippen molar-refractivity contribution >= 4 is 46.4 Å². The summed E-state index contributed by atoms with van der Waals surface area (Å²) >= 11 is 12.3. The highest BCUT2D eigenvalue weighted by Crippen LogP contribution is 2.31. The Bertz CT molecular complexity index is 1340. The predicted octanol–water partition coefficient (Wildman–Crippen LogP) is 5.77.